The summed E-state index contributed by atoms with van der Waals surface area (Å²) in [5, 5.41) is 6.36. The van der Waals surface area contributed by atoms with Crippen molar-refractivity contribution in [3.05, 3.63) is 29.3 Å². The van der Waals surface area contributed by atoms with Crippen molar-refractivity contribution in [1.29, 1.82) is 0 Å². The van der Waals surface area contributed by atoms with Gasteiger partial charge in [0.15, 0.2) is 0 Å². The Morgan fingerprint density at radius 3 is 2.61 bits per heavy atom. The molecule has 1 aliphatic heterocycles. The average molecular weight is 260 g/mol. The Morgan fingerprint density at radius 1 is 1.39 bits per heavy atom. The molecule has 2 N–H and O–H groups in total. The third kappa shape index (κ3) is 2.94. The quantitative estimate of drug-likeness (QED) is 0.865. The minimum atomic E-state index is -4.34. The van der Waals surface area contributed by atoms with Crippen molar-refractivity contribution in [2.24, 2.45) is 0 Å². The van der Waals surface area contributed by atoms with Crippen molar-refractivity contribution >= 4 is 0 Å². The van der Waals surface area contributed by atoms with Crippen molar-refractivity contribution in [2.75, 3.05) is 20.2 Å². The molecule has 0 aromatic heterocycles. The van der Waals surface area contributed by atoms with Crippen LogP contribution in [-0.4, -0.2) is 26.2 Å². The Labute approximate surface area is 103 Å². The molecule has 0 bridgehead atoms. The van der Waals surface area contributed by atoms with E-state index in [1.165, 1.54) is 13.2 Å². The van der Waals surface area contributed by atoms with Gasteiger partial charge in [0.2, 0.25) is 0 Å². The second-order valence-electron chi connectivity index (χ2n) is 4.26. The number of rotatable bonds is 4. The molecular formula is C12H15F3N2O. The van der Waals surface area contributed by atoms with E-state index in [1.807, 2.05) is 0 Å². The topological polar surface area (TPSA) is 33.3 Å². The number of hydrogen-bond donors (Lipinski definition) is 2. The van der Waals surface area contributed by atoms with Crippen LogP contribution in [0.25, 0.3) is 0 Å². The Balaban J connectivity index is 2.09. The minimum Gasteiger partial charge on any atom is -0.496 e. The molecule has 18 heavy (non-hydrogen) atoms. The maximum absolute atomic E-state index is 12.5. The van der Waals surface area contributed by atoms with Crippen LogP contribution in [0.4, 0.5) is 13.2 Å². The molecule has 1 saturated heterocycles. The van der Waals surface area contributed by atoms with E-state index in [0.29, 0.717) is 12.6 Å². The predicted molar refractivity (Wildman–Crippen MR) is 61.5 cm³/mol. The number of alkyl halides is 3. The van der Waals surface area contributed by atoms with E-state index in [-0.39, 0.29) is 5.75 Å². The van der Waals surface area contributed by atoms with Gasteiger partial charge in [-0.25, -0.2) is 0 Å². The Kier molecular flexibility index (Phi) is 3.77. The van der Waals surface area contributed by atoms with E-state index in [1.54, 1.807) is 0 Å². The molecule has 6 heteroatoms. The van der Waals surface area contributed by atoms with E-state index in [2.05, 4.69) is 10.6 Å². The predicted octanol–water partition coefficient (Wildman–Crippen LogP) is 1.78. The first-order chi connectivity index (χ1) is 8.50. The zero-order chi connectivity index (χ0) is 13.2. The van der Waals surface area contributed by atoms with Crippen molar-refractivity contribution in [3.63, 3.8) is 0 Å². The summed E-state index contributed by atoms with van der Waals surface area (Å²) in [5.41, 5.74) is 0.0470. The molecule has 0 amide bonds. The first-order valence-corrected chi connectivity index (χ1v) is 5.69. The maximum Gasteiger partial charge on any atom is 0.416 e. The number of nitrogens with one attached hydrogen (secondary N) is 2. The van der Waals surface area contributed by atoms with Gasteiger partial charge < -0.3 is 15.4 Å². The van der Waals surface area contributed by atoms with Crippen LogP contribution in [0, 0.1) is 0 Å². The summed E-state index contributed by atoms with van der Waals surface area (Å²) in [7, 11) is 1.38. The Hall–Kier alpha value is -1.27. The first kappa shape index (κ1) is 13.2. The van der Waals surface area contributed by atoms with Gasteiger partial charge in [0.05, 0.1) is 12.7 Å². The fourth-order valence-corrected chi connectivity index (χ4v) is 1.75. The summed E-state index contributed by atoms with van der Waals surface area (Å²) >= 11 is 0. The van der Waals surface area contributed by atoms with Gasteiger partial charge in [0.1, 0.15) is 5.75 Å². The van der Waals surface area contributed by atoms with Gasteiger partial charge in [-0.2, -0.15) is 13.2 Å². The lowest BCUT2D eigenvalue weighted by molar-refractivity contribution is -0.137. The molecule has 0 spiro atoms. The van der Waals surface area contributed by atoms with Crippen LogP contribution in [0.3, 0.4) is 0 Å². The van der Waals surface area contributed by atoms with E-state index >= 15 is 0 Å². The number of hydrogen-bond acceptors (Lipinski definition) is 3. The molecule has 0 atom stereocenters. The minimum absolute atomic E-state index is 0.268. The zero-order valence-corrected chi connectivity index (χ0v) is 9.97. The molecule has 0 radical (unpaired) electrons. The Bertz CT molecular complexity index is 416. The summed E-state index contributed by atoms with van der Waals surface area (Å²) in [5.74, 6) is 0.268. The second kappa shape index (κ2) is 5.16. The highest BCUT2D eigenvalue weighted by atomic mass is 19.4. The largest absolute Gasteiger partial charge is 0.496 e. The van der Waals surface area contributed by atoms with Crippen molar-refractivity contribution in [3.8, 4) is 5.75 Å². The van der Waals surface area contributed by atoms with E-state index in [4.69, 9.17) is 4.74 Å². The van der Waals surface area contributed by atoms with Gasteiger partial charge in [-0.1, -0.05) is 6.07 Å². The lowest BCUT2D eigenvalue weighted by Gasteiger charge is -2.28. The van der Waals surface area contributed by atoms with Crippen LogP contribution < -0.4 is 15.4 Å². The van der Waals surface area contributed by atoms with Gasteiger partial charge in [-0.15, -0.1) is 0 Å². The fraction of sp³-hybridized carbons (Fsp3) is 0.500. The molecule has 1 aromatic carbocycles. The summed E-state index contributed by atoms with van der Waals surface area (Å²) in [6, 6.07) is 3.96. The van der Waals surface area contributed by atoms with Gasteiger partial charge in [-0.05, 0) is 12.1 Å². The summed E-state index contributed by atoms with van der Waals surface area (Å²) in [4.78, 5) is 0. The van der Waals surface area contributed by atoms with Crippen LogP contribution in [-0.2, 0) is 12.7 Å². The molecule has 0 unspecified atom stereocenters. The zero-order valence-electron chi connectivity index (χ0n) is 9.97. The average Bonchev–Trinajstić information content (AvgIpc) is 2.25. The normalized spacial score (nSPS) is 16.4. The second-order valence-corrected chi connectivity index (χ2v) is 4.26. The van der Waals surface area contributed by atoms with E-state index in [0.717, 1.165) is 30.8 Å². The van der Waals surface area contributed by atoms with Crippen molar-refractivity contribution in [1.82, 2.24) is 10.6 Å². The summed E-state index contributed by atoms with van der Waals surface area (Å²) < 4.78 is 42.6. The molecule has 3 nitrogen and oxygen atoms in total. The van der Waals surface area contributed by atoms with Gasteiger partial charge in [-0.3, -0.25) is 0 Å². The molecule has 0 aliphatic carbocycles. The number of methoxy groups -OCH3 is 1. The molecule has 1 heterocycles. The van der Waals surface area contributed by atoms with Crippen LogP contribution >= 0.6 is 0 Å². The molecule has 0 saturated carbocycles. The molecule has 1 aliphatic rings. The number of benzene rings is 1. The third-order valence-electron chi connectivity index (χ3n) is 2.98. The lowest BCUT2D eigenvalue weighted by Crippen LogP contribution is -2.54. The van der Waals surface area contributed by atoms with Crippen LogP contribution in [0.1, 0.15) is 11.1 Å². The maximum atomic E-state index is 12.5. The Morgan fingerprint density at radius 2 is 2.11 bits per heavy atom. The van der Waals surface area contributed by atoms with E-state index < -0.39 is 11.7 Å². The summed E-state index contributed by atoms with van der Waals surface area (Å²) in [6.45, 7) is 2.29. The van der Waals surface area contributed by atoms with Crippen molar-refractivity contribution < 1.29 is 17.9 Å². The highest BCUT2D eigenvalue weighted by molar-refractivity contribution is 5.38. The standard InChI is InChI=1S/C12H15F3N2O/c1-18-11-4-9(12(13,14)15)3-2-8(11)5-17-10-6-16-7-10/h2-4,10,16-17H,5-7H2,1H3. The van der Waals surface area contributed by atoms with Crippen LogP contribution in [0.2, 0.25) is 0 Å². The molecule has 100 valence electrons. The SMILES string of the molecule is COc1cc(C(F)(F)F)ccc1CNC1CNC1. The number of ether oxygens (including phenoxy) is 1. The first-order valence-electron chi connectivity index (χ1n) is 5.69. The third-order valence-corrected chi connectivity index (χ3v) is 2.98. The fourth-order valence-electron chi connectivity index (χ4n) is 1.75. The molecule has 1 fully saturated rings. The molecular weight excluding hydrogens is 245 g/mol. The van der Waals surface area contributed by atoms with Gasteiger partial charge >= 0.3 is 6.18 Å². The monoisotopic (exact) mass is 260 g/mol. The summed E-state index contributed by atoms with van der Waals surface area (Å²) in [6.07, 6.45) is -4.34. The highest BCUT2D eigenvalue weighted by Crippen LogP contribution is 2.33. The van der Waals surface area contributed by atoms with E-state index in [9.17, 15) is 13.2 Å². The number of halogens is 3. The molecule has 2 rings (SSSR count). The molecule has 1 aromatic rings. The highest BCUT2D eigenvalue weighted by Gasteiger charge is 2.31. The van der Waals surface area contributed by atoms with Crippen molar-refractivity contribution in [2.45, 2.75) is 18.8 Å². The van der Waals surface area contributed by atoms with Gasteiger partial charge in [0.25, 0.3) is 0 Å². The van der Waals surface area contributed by atoms with Crippen LogP contribution in [0.15, 0.2) is 18.2 Å². The lowest BCUT2D eigenvalue weighted by atomic mass is 10.1. The smallest absolute Gasteiger partial charge is 0.416 e. The van der Waals surface area contributed by atoms with Crippen LogP contribution in [0.5, 0.6) is 5.75 Å². The van der Waals surface area contributed by atoms with Gasteiger partial charge in [0, 0.05) is 31.2 Å².